The van der Waals surface area contributed by atoms with Crippen molar-refractivity contribution in [3.8, 4) is 5.75 Å². The van der Waals surface area contributed by atoms with Crippen LogP contribution in [-0.2, 0) is 16.1 Å². The van der Waals surface area contributed by atoms with E-state index in [4.69, 9.17) is 4.74 Å². The molecule has 7 nitrogen and oxygen atoms in total. The normalized spacial score (nSPS) is 17.9. The first kappa shape index (κ1) is 20.2. The van der Waals surface area contributed by atoms with Crippen LogP contribution >= 0.6 is 0 Å². The summed E-state index contributed by atoms with van der Waals surface area (Å²) in [7, 11) is 1.76. The molecule has 7 heteroatoms. The lowest BCUT2D eigenvalue weighted by Crippen LogP contribution is -2.44. The molecule has 28 heavy (non-hydrogen) atoms. The first-order valence-corrected chi connectivity index (χ1v) is 10.0. The van der Waals surface area contributed by atoms with Crippen molar-refractivity contribution in [2.45, 2.75) is 57.5 Å². The summed E-state index contributed by atoms with van der Waals surface area (Å²) in [6.07, 6.45) is 4.15. The van der Waals surface area contributed by atoms with Crippen molar-refractivity contribution in [3.05, 3.63) is 29.8 Å². The highest BCUT2D eigenvalue weighted by molar-refractivity contribution is 6.07. The zero-order valence-electron chi connectivity index (χ0n) is 16.7. The van der Waals surface area contributed by atoms with Gasteiger partial charge >= 0.3 is 6.03 Å². The van der Waals surface area contributed by atoms with Gasteiger partial charge in [-0.1, -0.05) is 25.0 Å². The number of nitrogens with zero attached hydrogens (tertiary/aromatic N) is 2. The summed E-state index contributed by atoms with van der Waals surface area (Å²) in [4.78, 5) is 40.1. The molecule has 2 fully saturated rings. The fourth-order valence-electron chi connectivity index (χ4n) is 4.00. The maximum absolute atomic E-state index is 12.6. The van der Waals surface area contributed by atoms with E-state index in [0.29, 0.717) is 26.0 Å². The molecule has 1 aliphatic heterocycles. The van der Waals surface area contributed by atoms with E-state index in [2.05, 4.69) is 5.32 Å². The number of imide groups is 1. The van der Waals surface area contributed by atoms with Crippen molar-refractivity contribution in [2.24, 2.45) is 0 Å². The number of hydrogen-bond donors (Lipinski definition) is 1. The molecule has 1 saturated heterocycles. The Kier molecular flexibility index (Phi) is 6.21. The van der Waals surface area contributed by atoms with Crippen LogP contribution in [0.3, 0.4) is 0 Å². The zero-order chi connectivity index (χ0) is 20.1. The lowest BCUT2D eigenvalue weighted by atomic mass is 9.98. The molecule has 1 aromatic carbocycles. The molecule has 1 saturated carbocycles. The molecule has 2 aliphatic rings. The number of rotatable bonds is 8. The Balaban J connectivity index is 1.45. The van der Waals surface area contributed by atoms with Crippen LogP contribution in [0.15, 0.2) is 24.3 Å². The molecule has 0 atom stereocenters. The van der Waals surface area contributed by atoms with Gasteiger partial charge in [0.1, 0.15) is 11.3 Å². The van der Waals surface area contributed by atoms with E-state index in [1.165, 1.54) is 4.90 Å². The van der Waals surface area contributed by atoms with Crippen molar-refractivity contribution >= 4 is 17.8 Å². The number of nitrogens with one attached hydrogen (secondary N) is 1. The highest BCUT2D eigenvalue weighted by Crippen LogP contribution is 2.35. The first-order valence-electron chi connectivity index (χ1n) is 10.0. The van der Waals surface area contributed by atoms with Gasteiger partial charge in [-0.25, -0.2) is 4.79 Å². The average molecular weight is 387 g/mol. The molecule has 3 rings (SSSR count). The van der Waals surface area contributed by atoms with E-state index in [1.54, 1.807) is 11.9 Å². The maximum atomic E-state index is 12.6. The topological polar surface area (TPSA) is 79.0 Å². The standard InChI is InChI=1S/C21H29N3O4/c1-3-28-17-10-8-16(9-11-17)15-23(2)18(25)7-6-14-24-19(26)21(22-20(24)27)12-4-5-13-21/h8-11H,3-7,12-15H2,1-2H3,(H,22,27). The van der Waals surface area contributed by atoms with E-state index < -0.39 is 5.54 Å². The smallest absolute Gasteiger partial charge is 0.325 e. The molecule has 0 aromatic heterocycles. The van der Waals surface area contributed by atoms with Crippen LogP contribution in [0, 0.1) is 0 Å². The summed E-state index contributed by atoms with van der Waals surface area (Å²) in [5.41, 5.74) is 0.350. The van der Waals surface area contributed by atoms with Gasteiger partial charge < -0.3 is 15.0 Å². The lowest BCUT2D eigenvalue weighted by Gasteiger charge is -2.20. The van der Waals surface area contributed by atoms with Crippen LogP contribution in [0.5, 0.6) is 5.75 Å². The van der Waals surface area contributed by atoms with Crippen LogP contribution in [0.25, 0.3) is 0 Å². The number of amides is 4. The molecule has 4 amide bonds. The van der Waals surface area contributed by atoms with Gasteiger partial charge in [-0.2, -0.15) is 0 Å². The average Bonchev–Trinajstić information content (AvgIpc) is 3.23. The molecule has 0 bridgehead atoms. The third kappa shape index (κ3) is 4.29. The number of carbonyl (C=O) groups is 3. The van der Waals surface area contributed by atoms with Crippen LogP contribution in [0.1, 0.15) is 51.0 Å². The molecule has 1 spiro atoms. The van der Waals surface area contributed by atoms with Crippen LogP contribution < -0.4 is 10.1 Å². The summed E-state index contributed by atoms with van der Waals surface area (Å²) in [6.45, 7) is 3.36. The zero-order valence-corrected chi connectivity index (χ0v) is 16.7. The van der Waals surface area contributed by atoms with Crippen LogP contribution in [-0.4, -0.2) is 53.4 Å². The molecular formula is C21H29N3O4. The fraction of sp³-hybridized carbons (Fsp3) is 0.571. The number of benzene rings is 1. The predicted molar refractivity (Wildman–Crippen MR) is 105 cm³/mol. The van der Waals surface area contributed by atoms with Gasteiger partial charge in [0.05, 0.1) is 6.61 Å². The molecule has 152 valence electrons. The number of urea groups is 1. The minimum atomic E-state index is -0.675. The third-order valence-electron chi connectivity index (χ3n) is 5.56. The Morgan fingerprint density at radius 3 is 2.54 bits per heavy atom. The lowest BCUT2D eigenvalue weighted by molar-refractivity contribution is -0.133. The Hall–Kier alpha value is -2.57. The van der Waals surface area contributed by atoms with Crippen molar-refractivity contribution in [2.75, 3.05) is 20.2 Å². The molecular weight excluding hydrogens is 358 g/mol. The SMILES string of the molecule is CCOc1ccc(CN(C)C(=O)CCCN2C(=O)NC3(CCCC3)C2=O)cc1. The van der Waals surface area contributed by atoms with Gasteiger partial charge in [0.2, 0.25) is 5.91 Å². The Labute approximate surface area is 166 Å². The van der Waals surface area contributed by atoms with E-state index in [-0.39, 0.29) is 24.4 Å². The van der Waals surface area contributed by atoms with Crippen molar-refractivity contribution < 1.29 is 19.1 Å². The second-order valence-corrected chi connectivity index (χ2v) is 7.61. The maximum Gasteiger partial charge on any atom is 0.325 e. The van der Waals surface area contributed by atoms with Crippen molar-refractivity contribution in [1.29, 1.82) is 0 Å². The Bertz CT molecular complexity index is 726. The van der Waals surface area contributed by atoms with Crippen LogP contribution in [0.4, 0.5) is 4.79 Å². The summed E-state index contributed by atoms with van der Waals surface area (Å²) in [5.74, 6) is 0.690. The van der Waals surface area contributed by atoms with E-state index in [0.717, 1.165) is 37.0 Å². The number of carbonyl (C=O) groups excluding carboxylic acids is 3. The molecule has 1 aromatic rings. The molecule has 1 aliphatic carbocycles. The molecule has 1 N–H and O–H groups in total. The molecule has 1 heterocycles. The number of ether oxygens (including phenoxy) is 1. The molecule has 0 radical (unpaired) electrons. The van der Waals surface area contributed by atoms with Crippen molar-refractivity contribution in [1.82, 2.24) is 15.1 Å². The first-order chi connectivity index (χ1) is 13.4. The van der Waals surface area contributed by atoms with E-state index in [1.807, 2.05) is 31.2 Å². The number of hydrogen-bond acceptors (Lipinski definition) is 4. The Morgan fingerprint density at radius 2 is 1.89 bits per heavy atom. The summed E-state index contributed by atoms with van der Waals surface area (Å²) >= 11 is 0. The van der Waals surface area contributed by atoms with E-state index >= 15 is 0 Å². The highest BCUT2D eigenvalue weighted by atomic mass is 16.5. The van der Waals surface area contributed by atoms with Gasteiger partial charge in [0.15, 0.2) is 0 Å². The predicted octanol–water partition coefficient (Wildman–Crippen LogP) is 2.69. The Morgan fingerprint density at radius 1 is 1.21 bits per heavy atom. The minimum Gasteiger partial charge on any atom is -0.494 e. The van der Waals surface area contributed by atoms with Gasteiger partial charge in [-0.05, 0) is 43.9 Å². The summed E-state index contributed by atoms with van der Waals surface area (Å²) < 4.78 is 5.42. The van der Waals surface area contributed by atoms with Crippen molar-refractivity contribution in [3.63, 3.8) is 0 Å². The third-order valence-corrected chi connectivity index (χ3v) is 5.56. The highest BCUT2D eigenvalue weighted by Gasteiger charge is 2.52. The quantitative estimate of drug-likeness (QED) is 0.696. The second kappa shape index (κ2) is 8.63. The summed E-state index contributed by atoms with van der Waals surface area (Å²) in [6, 6.07) is 7.37. The monoisotopic (exact) mass is 387 g/mol. The fourth-order valence-corrected chi connectivity index (χ4v) is 4.00. The largest absolute Gasteiger partial charge is 0.494 e. The van der Waals surface area contributed by atoms with Gasteiger partial charge in [-0.15, -0.1) is 0 Å². The van der Waals surface area contributed by atoms with Gasteiger partial charge in [0.25, 0.3) is 5.91 Å². The summed E-state index contributed by atoms with van der Waals surface area (Å²) in [5, 5.41) is 2.87. The minimum absolute atomic E-state index is 0.00322. The van der Waals surface area contributed by atoms with Crippen LogP contribution in [0.2, 0.25) is 0 Å². The molecule has 0 unspecified atom stereocenters. The van der Waals surface area contributed by atoms with Gasteiger partial charge in [0, 0.05) is 26.6 Å². The van der Waals surface area contributed by atoms with Gasteiger partial charge in [-0.3, -0.25) is 14.5 Å². The second-order valence-electron chi connectivity index (χ2n) is 7.61. The van der Waals surface area contributed by atoms with E-state index in [9.17, 15) is 14.4 Å².